The molecule has 1 aromatic heterocycles. The predicted octanol–water partition coefficient (Wildman–Crippen LogP) is 3.97. The van der Waals surface area contributed by atoms with Gasteiger partial charge in [-0.3, -0.25) is 4.79 Å². The average molecular weight is 451 g/mol. The highest BCUT2D eigenvalue weighted by Crippen LogP contribution is 2.19. The molecular weight excluding hydrogens is 426 g/mol. The van der Waals surface area contributed by atoms with Gasteiger partial charge < -0.3 is 19.3 Å². The van der Waals surface area contributed by atoms with Crippen LogP contribution in [0, 0.1) is 6.92 Å². The smallest absolute Gasteiger partial charge is 0.338 e. The van der Waals surface area contributed by atoms with Crippen molar-refractivity contribution in [3.8, 4) is 11.4 Å². The van der Waals surface area contributed by atoms with Crippen LogP contribution in [0.5, 0.6) is 0 Å². The van der Waals surface area contributed by atoms with Gasteiger partial charge in [0.05, 0.1) is 24.3 Å². The molecule has 0 aliphatic heterocycles. The molecule has 0 unspecified atom stereocenters. The number of rotatable bonds is 9. The summed E-state index contributed by atoms with van der Waals surface area (Å²) in [4.78, 5) is 41.1. The lowest BCUT2D eigenvalue weighted by molar-refractivity contribution is -0.116. The zero-order chi connectivity index (χ0) is 23.8. The summed E-state index contributed by atoms with van der Waals surface area (Å²) in [5, 5.41) is 6.64. The maximum Gasteiger partial charge on any atom is 0.338 e. The number of hydrogen-bond acceptors (Lipinski definition) is 8. The Labute approximate surface area is 191 Å². The van der Waals surface area contributed by atoms with Gasteiger partial charge >= 0.3 is 11.9 Å². The van der Waals surface area contributed by atoms with Crippen LogP contribution in [-0.4, -0.2) is 41.2 Å². The number of anilines is 1. The number of aromatic nitrogens is 2. The van der Waals surface area contributed by atoms with Crippen LogP contribution in [-0.2, 0) is 20.7 Å². The Bertz CT molecular complexity index is 1100. The first-order valence-electron chi connectivity index (χ1n) is 10.6. The highest BCUT2D eigenvalue weighted by atomic mass is 16.5. The number of aryl methyl sites for hydroxylation is 2. The normalized spacial score (nSPS) is 10.5. The molecule has 172 valence electrons. The van der Waals surface area contributed by atoms with Gasteiger partial charge in [-0.25, -0.2) is 9.59 Å². The van der Waals surface area contributed by atoms with Crippen molar-refractivity contribution in [2.45, 2.75) is 33.6 Å². The van der Waals surface area contributed by atoms with Gasteiger partial charge in [0.25, 0.3) is 0 Å². The maximum atomic E-state index is 12.5. The zero-order valence-corrected chi connectivity index (χ0v) is 18.7. The minimum absolute atomic E-state index is 0.0634. The van der Waals surface area contributed by atoms with E-state index in [1.165, 1.54) is 18.2 Å². The van der Waals surface area contributed by atoms with Gasteiger partial charge in [-0.15, -0.1) is 0 Å². The van der Waals surface area contributed by atoms with Crippen molar-refractivity contribution >= 4 is 23.5 Å². The van der Waals surface area contributed by atoms with Crippen LogP contribution < -0.4 is 5.32 Å². The van der Waals surface area contributed by atoms with Crippen molar-refractivity contribution in [3.63, 3.8) is 0 Å². The molecule has 9 nitrogen and oxygen atoms in total. The molecular formula is C24H25N3O6. The molecule has 9 heteroatoms. The number of nitrogens with zero attached hydrogens (tertiary/aromatic N) is 2. The lowest BCUT2D eigenvalue weighted by Crippen LogP contribution is -2.15. The van der Waals surface area contributed by atoms with E-state index in [0.717, 1.165) is 11.1 Å². The van der Waals surface area contributed by atoms with Crippen LogP contribution in [0.1, 0.15) is 52.4 Å². The monoisotopic (exact) mass is 451 g/mol. The van der Waals surface area contributed by atoms with Gasteiger partial charge in [0.1, 0.15) is 0 Å². The Balaban J connectivity index is 1.67. The predicted molar refractivity (Wildman–Crippen MR) is 120 cm³/mol. The fraction of sp³-hybridized carbons (Fsp3) is 0.292. The molecule has 0 bridgehead atoms. The Kier molecular flexibility index (Phi) is 7.91. The Hall–Kier alpha value is -4.01. The summed E-state index contributed by atoms with van der Waals surface area (Å²) in [6.45, 7) is 5.70. The largest absolute Gasteiger partial charge is 0.462 e. The number of carbonyl (C=O) groups is 3. The fourth-order valence-corrected chi connectivity index (χ4v) is 2.98. The number of benzene rings is 2. The summed E-state index contributed by atoms with van der Waals surface area (Å²) in [7, 11) is 0. The van der Waals surface area contributed by atoms with Crippen LogP contribution >= 0.6 is 0 Å². The quantitative estimate of drug-likeness (QED) is 0.485. The summed E-state index contributed by atoms with van der Waals surface area (Å²) in [5.74, 6) is -0.775. The van der Waals surface area contributed by atoms with Crippen LogP contribution in [0.15, 0.2) is 47.0 Å². The minimum atomic E-state index is -0.603. The number of hydrogen-bond donors (Lipinski definition) is 1. The van der Waals surface area contributed by atoms with E-state index in [-0.39, 0.29) is 48.8 Å². The second-order valence-electron chi connectivity index (χ2n) is 7.17. The molecule has 1 N–H and O–H groups in total. The summed E-state index contributed by atoms with van der Waals surface area (Å²) < 4.78 is 15.2. The number of esters is 2. The molecule has 0 fully saturated rings. The number of nitrogens with one attached hydrogen (secondary N) is 1. The molecule has 0 aliphatic rings. The van der Waals surface area contributed by atoms with Crippen LogP contribution in [0.2, 0.25) is 0 Å². The molecule has 3 rings (SSSR count). The average Bonchev–Trinajstić information content (AvgIpc) is 3.27. The van der Waals surface area contributed by atoms with Crippen molar-refractivity contribution in [3.05, 3.63) is 65.0 Å². The zero-order valence-electron chi connectivity index (χ0n) is 18.7. The minimum Gasteiger partial charge on any atom is -0.462 e. The van der Waals surface area contributed by atoms with Crippen molar-refractivity contribution < 1.29 is 28.4 Å². The van der Waals surface area contributed by atoms with E-state index >= 15 is 0 Å². The third kappa shape index (κ3) is 6.49. The molecule has 0 atom stereocenters. The SMILES string of the molecule is CCOC(=O)c1cc(NC(=O)CCc2nc(-c3ccc(C)cc3)no2)cc(C(=O)OCC)c1. The first kappa shape index (κ1) is 23.6. The molecule has 0 spiro atoms. The van der Waals surface area contributed by atoms with Crippen LogP contribution in [0.25, 0.3) is 11.4 Å². The van der Waals surface area contributed by atoms with E-state index in [4.69, 9.17) is 14.0 Å². The fourth-order valence-electron chi connectivity index (χ4n) is 2.98. The van der Waals surface area contributed by atoms with E-state index in [1.807, 2.05) is 31.2 Å². The number of amides is 1. The van der Waals surface area contributed by atoms with Crippen molar-refractivity contribution in [2.75, 3.05) is 18.5 Å². The highest BCUT2D eigenvalue weighted by molar-refractivity contribution is 5.99. The van der Waals surface area contributed by atoms with Gasteiger partial charge in [-0.1, -0.05) is 35.0 Å². The van der Waals surface area contributed by atoms with Gasteiger partial charge in [0.2, 0.25) is 17.6 Å². The summed E-state index contributed by atoms with van der Waals surface area (Å²) in [6, 6.07) is 12.0. The Morgan fingerprint density at radius 3 is 2.12 bits per heavy atom. The molecule has 0 radical (unpaired) electrons. The van der Waals surface area contributed by atoms with E-state index in [0.29, 0.717) is 11.7 Å². The van der Waals surface area contributed by atoms with Crippen LogP contribution in [0.4, 0.5) is 5.69 Å². The Morgan fingerprint density at radius 2 is 1.55 bits per heavy atom. The third-order valence-corrected chi connectivity index (χ3v) is 4.58. The molecule has 33 heavy (non-hydrogen) atoms. The van der Waals surface area contributed by atoms with E-state index < -0.39 is 11.9 Å². The Morgan fingerprint density at radius 1 is 0.939 bits per heavy atom. The lowest BCUT2D eigenvalue weighted by Gasteiger charge is -2.10. The second kappa shape index (κ2) is 11.0. The summed E-state index contributed by atoms with van der Waals surface area (Å²) >= 11 is 0. The molecule has 0 saturated carbocycles. The topological polar surface area (TPSA) is 121 Å². The lowest BCUT2D eigenvalue weighted by atomic mass is 10.1. The number of carbonyl (C=O) groups excluding carboxylic acids is 3. The van der Waals surface area contributed by atoms with Crippen molar-refractivity contribution in [1.29, 1.82) is 0 Å². The molecule has 2 aromatic carbocycles. The highest BCUT2D eigenvalue weighted by Gasteiger charge is 2.16. The first-order valence-corrected chi connectivity index (χ1v) is 10.6. The van der Waals surface area contributed by atoms with Crippen LogP contribution in [0.3, 0.4) is 0 Å². The van der Waals surface area contributed by atoms with Gasteiger partial charge in [0, 0.05) is 24.1 Å². The third-order valence-electron chi connectivity index (χ3n) is 4.58. The van der Waals surface area contributed by atoms with E-state index in [1.54, 1.807) is 13.8 Å². The van der Waals surface area contributed by atoms with Crippen molar-refractivity contribution in [2.24, 2.45) is 0 Å². The van der Waals surface area contributed by atoms with Gasteiger partial charge in [-0.05, 0) is 39.0 Å². The second-order valence-corrected chi connectivity index (χ2v) is 7.17. The number of ether oxygens (including phenoxy) is 2. The van der Waals surface area contributed by atoms with Gasteiger partial charge in [0.15, 0.2) is 0 Å². The molecule has 1 amide bonds. The molecule has 1 heterocycles. The van der Waals surface area contributed by atoms with E-state index in [9.17, 15) is 14.4 Å². The van der Waals surface area contributed by atoms with E-state index in [2.05, 4.69) is 15.5 Å². The maximum absolute atomic E-state index is 12.5. The van der Waals surface area contributed by atoms with Gasteiger partial charge in [-0.2, -0.15) is 4.98 Å². The molecule has 0 saturated heterocycles. The molecule has 3 aromatic rings. The summed E-state index contributed by atoms with van der Waals surface area (Å²) in [5.41, 5.74) is 2.49. The van der Waals surface area contributed by atoms with Crippen molar-refractivity contribution in [1.82, 2.24) is 10.1 Å². The first-order chi connectivity index (χ1) is 15.9. The summed E-state index contributed by atoms with van der Waals surface area (Å²) in [6.07, 6.45) is 0.293. The molecule has 0 aliphatic carbocycles. The standard InChI is InChI=1S/C24H25N3O6/c1-4-31-23(29)17-12-18(24(30)32-5-2)14-19(13-17)25-20(28)10-11-21-26-22(27-33-21)16-8-6-15(3)7-9-16/h6-9,12-14H,4-5,10-11H2,1-3H3,(H,25,28).